The van der Waals surface area contributed by atoms with Gasteiger partial charge in [0.05, 0.1) is 12.7 Å². The quantitative estimate of drug-likeness (QED) is 0.343. The van der Waals surface area contributed by atoms with Crippen molar-refractivity contribution in [2.75, 3.05) is 6.54 Å². The molecule has 3 N–H and O–H groups in total. The Kier molecular flexibility index (Phi) is 9.62. The molecule has 0 radical (unpaired) electrons. The van der Waals surface area contributed by atoms with E-state index in [9.17, 15) is 37.5 Å². The van der Waals surface area contributed by atoms with Crippen LogP contribution in [0.5, 0.6) is 11.5 Å². The summed E-state index contributed by atoms with van der Waals surface area (Å²) in [5, 5.41) is 15.9. The molecule has 0 spiro atoms. The molecule has 1 aliphatic heterocycles. The number of aliphatic carboxylic acids is 1. The van der Waals surface area contributed by atoms with Gasteiger partial charge in [-0.1, -0.05) is 34.1 Å². The monoisotopic (exact) mass is 666 g/mol. The summed E-state index contributed by atoms with van der Waals surface area (Å²) in [6, 6.07) is 1.32. The number of pyridine rings is 1. The number of carboxylic acid groups (broad SMARTS) is 1. The van der Waals surface area contributed by atoms with Crippen LogP contribution in [0.1, 0.15) is 67.7 Å². The van der Waals surface area contributed by atoms with Crippen molar-refractivity contribution in [2.45, 2.75) is 103 Å². The van der Waals surface area contributed by atoms with Crippen molar-refractivity contribution in [3.05, 3.63) is 30.6 Å². The summed E-state index contributed by atoms with van der Waals surface area (Å²) in [7, 11) is 0. The number of benzene rings is 1. The molecule has 15 heteroatoms. The molecule has 1 saturated carbocycles. The second-order valence-electron chi connectivity index (χ2n) is 14.1. The minimum atomic E-state index is -4.92. The number of fused-ring (bicyclic) bond motifs is 1. The fourth-order valence-electron chi connectivity index (χ4n) is 5.80. The second kappa shape index (κ2) is 12.7. The Morgan fingerprint density at radius 1 is 1.11 bits per heavy atom. The summed E-state index contributed by atoms with van der Waals surface area (Å²) in [5.74, 6) is -3.19. The first kappa shape index (κ1) is 35.6. The lowest BCUT2D eigenvalue weighted by molar-refractivity contribution is -0.274. The van der Waals surface area contributed by atoms with E-state index >= 15 is 0 Å². The van der Waals surface area contributed by atoms with E-state index in [2.05, 4.69) is 20.4 Å². The van der Waals surface area contributed by atoms with Crippen molar-refractivity contribution in [3.63, 3.8) is 0 Å². The average molecular weight is 667 g/mol. The normalized spacial score (nSPS) is 23.5. The molecule has 12 nitrogen and oxygen atoms in total. The Morgan fingerprint density at radius 3 is 2.34 bits per heavy atom. The maximum absolute atomic E-state index is 14.2. The lowest BCUT2D eigenvalue weighted by atomic mass is 9.85. The average Bonchev–Trinajstić information content (AvgIpc) is 3.49. The summed E-state index contributed by atoms with van der Waals surface area (Å²) < 4.78 is 54.4. The number of hydrogen-bond donors (Lipinski definition) is 3. The van der Waals surface area contributed by atoms with Crippen LogP contribution in [0.2, 0.25) is 0 Å². The minimum Gasteiger partial charge on any atom is -0.486 e. The number of aromatic nitrogens is 1. The SMILES string of the molecule is CCC1CC1(NC(=O)C1CC(Oc2cncc3ccc(OC(F)(F)F)cc23)CN1C(=O)C(NC(=O)OC(C)(C)C)C(C)(C)C)C(=O)O. The zero-order valence-electron chi connectivity index (χ0n) is 27.4. The number of rotatable bonds is 9. The van der Waals surface area contributed by atoms with Crippen LogP contribution in [0.25, 0.3) is 10.8 Å². The van der Waals surface area contributed by atoms with Crippen LogP contribution in [0.15, 0.2) is 30.6 Å². The number of hydrogen-bond acceptors (Lipinski definition) is 8. The molecule has 5 unspecified atom stereocenters. The van der Waals surface area contributed by atoms with E-state index in [0.717, 1.165) is 12.1 Å². The van der Waals surface area contributed by atoms with Gasteiger partial charge in [-0.05, 0) is 56.7 Å². The number of carboxylic acids is 1. The predicted octanol–water partition coefficient (Wildman–Crippen LogP) is 4.79. The Hall–Kier alpha value is -4.30. The molecular weight excluding hydrogens is 625 g/mol. The van der Waals surface area contributed by atoms with Crippen LogP contribution >= 0.6 is 0 Å². The predicted molar refractivity (Wildman–Crippen MR) is 162 cm³/mol. The van der Waals surface area contributed by atoms with Gasteiger partial charge in [-0.25, -0.2) is 9.59 Å². The molecular formula is C32H41F3N4O8. The topological polar surface area (TPSA) is 156 Å². The molecule has 5 atom stereocenters. The third-order valence-electron chi connectivity index (χ3n) is 8.17. The first-order chi connectivity index (χ1) is 21.6. The Morgan fingerprint density at radius 2 is 1.79 bits per heavy atom. The first-order valence-electron chi connectivity index (χ1n) is 15.3. The van der Waals surface area contributed by atoms with E-state index in [0.29, 0.717) is 11.8 Å². The van der Waals surface area contributed by atoms with Crippen molar-refractivity contribution in [1.29, 1.82) is 0 Å². The molecule has 1 aromatic carbocycles. The van der Waals surface area contributed by atoms with Gasteiger partial charge >= 0.3 is 18.4 Å². The molecule has 3 amide bonds. The van der Waals surface area contributed by atoms with Gasteiger partial charge in [0.15, 0.2) is 0 Å². The summed E-state index contributed by atoms with van der Waals surface area (Å²) in [4.78, 5) is 58.3. The van der Waals surface area contributed by atoms with E-state index in [1.165, 1.54) is 23.4 Å². The zero-order chi connectivity index (χ0) is 35.1. The van der Waals surface area contributed by atoms with Gasteiger partial charge in [0.25, 0.3) is 0 Å². The number of alkyl carbamates (subject to hydrolysis) is 1. The fraction of sp³-hybridized carbons (Fsp3) is 0.594. The van der Waals surface area contributed by atoms with Crippen LogP contribution in [0.4, 0.5) is 18.0 Å². The van der Waals surface area contributed by atoms with E-state index in [1.807, 2.05) is 6.92 Å². The number of halogens is 3. The van der Waals surface area contributed by atoms with E-state index in [-0.39, 0.29) is 36.4 Å². The zero-order valence-corrected chi connectivity index (χ0v) is 27.4. The first-order valence-corrected chi connectivity index (χ1v) is 15.3. The Labute approximate surface area is 270 Å². The van der Waals surface area contributed by atoms with Crippen LogP contribution in [-0.2, 0) is 19.1 Å². The fourth-order valence-corrected chi connectivity index (χ4v) is 5.80. The van der Waals surface area contributed by atoms with Crippen molar-refractivity contribution >= 4 is 34.6 Å². The summed E-state index contributed by atoms with van der Waals surface area (Å²) >= 11 is 0. The number of nitrogens with zero attached hydrogens (tertiary/aromatic N) is 2. The van der Waals surface area contributed by atoms with Gasteiger partial charge < -0.3 is 34.9 Å². The largest absolute Gasteiger partial charge is 0.573 e. The summed E-state index contributed by atoms with van der Waals surface area (Å²) in [5.41, 5.74) is -3.17. The highest BCUT2D eigenvalue weighted by Crippen LogP contribution is 2.46. The van der Waals surface area contributed by atoms with E-state index in [4.69, 9.17) is 9.47 Å². The molecule has 2 aromatic rings. The molecule has 0 bridgehead atoms. The van der Waals surface area contributed by atoms with Gasteiger partial charge in [-0.15, -0.1) is 13.2 Å². The number of nitrogens with one attached hydrogen (secondary N) is 2. The minimum absolute atomic E-state index is 0.0809. The molecule has 258 valence electrons. The van der Waals surface area contributed by atoms with Gasteiger partial charge in [-0.3, -0.25) is 14.6 Å². The smallest absolute Gasteiger partial charge is 0.486 e. The molecule has 4 rings (SSSR count). The maximum Gasteiger partial charge on any atom is 0.573 e. The highest BCUT2D eigenvalue weighted by atomic mass is 19.4. The number of ether oxygens (including phenoxy) is 3. The number of carbonyl (C=O) groups is 4. The molecule has 1 aliphatic carbocycles. The molecule has 2 fully saturated rings. The van der Waals surface area contributed by atoms with E-state index in [1.54, 1.807) is 41.5 Å². The lowest BCUT2D eigenvalue weighted by Gasteiger charge is -2.35. The van der Waals surface area contributed by atoms with Gasteiger partial charge in [0.2, 0.25) is 11.8 Å². The standard InChI is InChI=1S/C32H41F3N4O8/c1-8-18-13-31(18,27(42)43)38-25(40)22-12-20(16-39(22)26(41)24(29(2,3)4)37-28(44)47-30(5,6)7)45-23-15-36-14-17-9-10-19(11-21(17)23)46-32(33,34)35/h9-11,14-15,18,20,22,24H,8,12-13,16H2,1-7H3,(H,37,44)(H,38,40)(H,42,43). The number of carbonyl (C=O) groups excluding carboxylic acids is 3. The third-order valence-corrected chi connectivity index (χ3v) is 8.17. The summed E-state index contributed by atoms with van der Waals surface area (Å²) in [6.07, 6.45) is -3.21. The van der Waals surface area contributed by atoms with Gasteiger partial charge in [0.1, 0.15) is 40.8 Å². The van der Waals surface area contributed by atoms with E-state index < -0.39 is 70.7 Å². The van der Waals surface area contributed by atoms with Crippen molar-refractivity contribution in [3.8, 4) is 11.5 Å². The van der Waals surface area contributed by atoms with Gasteiger partial charge in [0, 0.05) is 23.4 Å². The lowest BCUT2D eigenvalue weighted by Crippen LogP contribution is -2.59. The van der Waals surface area contributed by atoms with Crippen molar-refractivity contribution in [1.82, 2.24) is 20.5 Å². The Balaban J connectivity index is 1.66. The second-order valence-corrected chi connectivity index (χ2v) is 14.1. The van der Waals surface area contributed by atoms with Crippen LogP contribution < -0.4 is 20.1 Å². The third kappa shape index (κ3) is 8.35. The van der Waals surface area contributed by atoms with Crippen molar-refractivity contribution in [2.24, 2.45) is 11.3 Å². The number of likely N-dealkylation sites (tertiary alicyclic amines) is 1. The Bertz CT molecular complexity index is 1540. The van der Waals surface area contributed by atoms with Crippen LogP contribution in [0.3, 0.4) is 0 Å². The van der Waals surface area contributed by atoms with Crippen molar-refractivity contribution < 1.29 is 51.7 Å². The van der Waals surface area contributed by atoms with Gasteiger partial charge in [-0.2, -0.15) is 0 Å². The maximum atomic E-state index is 14.2. The molecule has 1 saturated heterocycles. The number of amides is 3. The molecule has 2 aliphatic rings. The molecule has 2 heterocycles. The highest BCUT2D eigenvalue weighted by molar-refractivity contribution is 5.96. The molecule has 1 aromatic heterocycles. The molecule has 47 heavy (non-hydrogen) atoms. The summed E-state index contributed by atoms with van der Waals surface area (Å²) in [6.45, 7) is 11.8. The van der Waals surface area contributed by atoms with Crippen LogP contribution in [0, 0.1) is 11.3 Å². The number of alkyl halides is 3. The highest BCUT2D eigenvalue weighted by Gasteiger charge is 2.61. The van der Waals surface area contributed by atoms with Crippen LogP contribution in [-0.4, -0.2) is 81.1 Å².